The molecule has 1 aliphatic carbocycles. The molecule has 1 amide bonds. The lowest BCUT2D eigenvalue weighted by Gasteiger charge is -2.34. The van der Waals surface area contributed by atoms with Gasteiger partial charge in [0.1, 0.15) is 5.82 Å². The van der Waals surface area contributed by atoms with Gasteiger partial charge in [-0.2, -0.15) is 0 Å². The van der Waals surface area contributed by atoms with E-state index in [9.17, 15) is 14.0 Å². The summed E-state index contributed by atoms with van der Waals surface area (Å²) in [6.45, 7) is 2.59. The molecule has 5 nitrogen and oxygen atoms in total. The molecule has 0 aromatic heterocycles. The summed E-state index contributed by atoms with van der Waals surface area (Å²) in [5.41, 5.74) is -0.126. The van der Waals surface area contributed by atoms with Gasteiger partial charge in [-0.3, -0.25) is 4.79 Å². The predicted molar refractivity (Wildman–Crippen MR) is 74.7 cm³/mol. The third-order valence-corrected chi connectivity index (χ3v) is 3.56. The zero-order valence-electron chi connectivity index (χ0n) is 11.8. The highest BCUT2D eigenvalue weighted by Gasteiger charge is 2.31. The summed E-state index contributed by atoms with van der Waals surface area (Å²) in [6.07, 6.45) is 2.17. The first-order valence-corrected chi connectivity index (χ1v) is 6.94. The van der Waals surface area contributed by atoms with Crippen LogP contribution < -0.4 is 5.32 Å². The highest BCUT2D eigenvalue weighted by atomic mass is 19.1. The number of benzene rings is 1. The van der Waals surface area contributed by atoms with Crippen LogP contribution in [-0.4, -0.2) is 29.7 Å². The summed E-state index contributed by atoms with van der Waals surface area (Å²) < 4.78 is 18.6. The Hall–Kier alpha value is -1.95. The maximum atomic E-state index is 13.2. The molecule has 0 unspecified atom stereocenters. The lowest BCUT2D eigenvalue weighted by molar-refractivity contribution is -0.119. The molecule has 0 aliphatic heterocycles. The number of rotatable bonds is 6. The van der Waals surface area contributed by atoms with E-state index < -0.39 is 11.8 Å². The molecule has 0 heterocycles. The Kier molecular flexibility index (Phi) is 4.90. The molecule has 0 radical (unpaired) electrons. The van der Waals surface area contributed by atoms with Gasteiger partial charge in [0, 0.05) is 13.0 Å². The van der Waals surface area contributed by atoms with Crippen molar-refractivity contribution in [2.75, 3.05) is 11.9 Å². The molecule has 1 aliphatic rings. The standard InChI is InChI=1S/C15H18FNO4/c1-2-21-11-5-9(6-11)7-14(18)17-13-8-10(16)3-4-12(13)15(19)20/h3-4,8-9,11H,2,5-7H2,1H3,(H,17,18)(H,19,20). The molecule has 6 heteroatoms. The maximum absolute atomic E-state index is 13.2. The number of carboxylic acids is 1. The number of amides is 1. The number of ether oxygens (including phenoxy) is 1. The smallest absolute Gasteiger partial charge is 0.337 e. The van der Waals surface area contributed by atoms with Gasteiger partial charge in [-0.25, -0.2) is 9.18 Å². The summed E-state index contributed by atoms with van der Waals surface area (Å²) in [6, 6.07) is 3.21. The van der Waals surface area contributed by atoms with Gasteiger partial charge in [-0.15, -0.1) is 0 Å². The topological polar surface area (TPSA) is 75.6 Å². The molecule has 0 saturated heterocycles. The fraction of sp³-hybridized carbons (Fsp3) is 0.467. The molecule has 2 N–H and O–H groups in total. The van der Waals surface area contributed by atoms with Crippen LogP contribution in [0.2, 0.25) is 0 Å². The van der Waals surface area contributed by atoms with Gasteiger partial charge in [-0.1, -0.05) is 0 Å². The van der Waals surface area contributed by atoms with E-state index >= 15 is 0 Å². The average Bonchev–Trinajstić information content (AvgIpc) is 2.36. The second kappa shape index (κ2) is 6.67. The number of nitrogens with one attached hydrogen (secondary N) is 1. The van der Waals surface area contributed by atoms with Crippen molar-refractivity contribution in [3.8, 4) is 0 Å². The average molecular weight is 295 g/mol. The van der Waals surface area contributed by atoms with E-state index in [0.29, 0.717) is 13.0 Å². The molecule has 1 saturated carbocycles. The van der Waals surface area contributed by atoms with Crippen molar-refractivity contribution in [2.45, 2.75) is 32.3 Å². The molecular formula is C15H18FNO4. The molecule has 0 bridgehead atoms. The van der Waals surface area contributed by atoms with Crippen LogP contribution in [0.3, 0.4) is 0 Å². The van der Waals surface area contributed by atoms with Crippen LogP contribution in [0.4, 0.5) is 10.1 Å². The zero-order chi connectivity index (χ0) is 15.4. The Balaban J connectivity index is 1.91. The van der Waals surface area contributed by atoms with Crippen molar-refractivity contribution in [3.63, 3.8) is 0 Å². The molecule has 0 spiro atoms. The van der Waals surface area contributed by atoms with Gasteiger partial charge in [-0.05, 0) is 43.9 Å². The van der Waals surface area contributed by atoms with Crippen LogP contribution >= 0.6 is 0 Å². The Morgan fingerprint density at radius 1 is 1.43 bits per heavy atom. The maximum Gasteiger partial charge on any atom is 0.337 e. The lowest BCUT2D eigenvalue weighted by Crippen LogP contribution is -2.34. The fourth-order valence-electron chi connectivity index (χ4n) is 2.48. The van der Waals surface area contributed by atoms with Crippen molar-refractivity contribution >= 4 is 17.6 Å². The SMILES string of the molecule is CCOC1CC(CC(=O)Nc2cc(F)ccc2C(=O)O)C1. The van der Waals surface area contributed by atoms with Crippen LogP contribution in [0.5, 0.6) is 0 Å². The summed E-state index contributed by atoms with van der Waals surface area (Å²) in [4.78, 5) is 22.9. The molecular weight excluding hydrogens is 277 g/mol. The molecule has 1 aromatic carbocycles. The van der Waals surface area contributed by atoms with Gasteiger partial charge in [0.2, 0.25) is 5.91 Å². The Morgan fingerprint density at radius 2 is 2.14 bits per heavy atom. The third kappa shape index (κ3) is 4.01. The summed E-state index contributed by atoms with van der Waals surface area (Å²) >= 11 is 0. The molecule has 2 rings (SSSR count). The second-order valence-electron chi connectivity index (χ2n) is 5.16. The number of carbonyl (C=O) groups is 2. The van der Waals surface area contributed by atoms with E-state index in [-0.39, 0.29) is 29.2 Å². The number of aromatic carboxylic acids is 1. The molecule has 114 valence electrons. The number of hydrogen-bond acceptors (Lipinski definition) is 3. The second-order valence-corrected chi connectivity index (χ2v) is 5.16. The van der Waals surface area contributed by atoms with E-state index in [4.69, 9.17) is 9.84 Å². The molecule has 1 aromatic rings. The van der Waals surface area contributed by atoms with E-state index in [1.54, 1.807) is 0 Å². The molecule has 21 heavy (non-hydrogen) atoms. The number of halogens is 1. The van der Waals surface area contributed by atoms with Crippen LogP contribution in [0, 0.1) is 11.7 Å². The Morgan fingerprint density at radius 3 is 2.76 bits per heavy atom. The van der Waals surface area contributed by atoms with Gasteiger partial charge >= 0.3 is 5.97 Å². The zero-order valence-corrected chi connectivity index (χ0v) is 11.8. The van der Waals surface area contributed by atoms with Crippen molar-refractivity contribution in [2.24, 2.45) is 5.92 Å². The largest absolute Gasteiger partial charge is 0.478 e. The van der Waals surface area contributed by atoms with E-state index in [1.807, 2.05) is 6.92 Å². The fourth-order valence-corrected chi connectivity index (χ4v) is 2.48. The monoisotopic (exact) mass is 295 g/mol. The summed E-state index contributed by atoms with van der Waals surface area (Å²) in [5.74, 6) is -1.85. The van der Waals surface area contributed by atoms with Gasteiger partial charge in [0.05, 0.1) is 17.4 Å². The van der Waals surface area contributed by atoms with Crippen LogP contribution in [-0.2, 0) is 9.53 Å². The van der Waals surface area contributed by atoms with Crippen LogP contribution in [0.25, 0.3) is 0 Å². The van der Waals surface area contributed by atoms with Crippen molar-refractivity contribution < 1.29 is 23.8 Å². The number of carboxylic acid groups (broad SMARTS) is 1. The van der Waals surface area contributed by atoms with Crippen molar-refractivity contribution in [1.82, 2.24) is 0 Å². The van der Waals surface area contributed by atoms with Crippen LogP contribution in [0.15, 0.2) is 18.2 Å². The lowest BCUT2D eigenvalue weighted by atomic mass is 9.80. The summed E-state index contributed by atoms with van der Waals surface area (Å²) in [7, 11) is 0. The van der Waals surface area contributed by atoms with Crippen molar-refractivity contribution in [3.05, 3.63) is 29.6 Å². The van der Waals surface area contributed by atoms with Gasteiger partial charge < -0.3 is 15.2 Å². The van der Waals surface area contributed by atoms with E-state index in [0.717, 1.165) is 31.0 Å². The van der Waals surface area contributed by atoms with Crippen molar-refractivity contribution in [1.29, 1.82) is 0 Å². The first kappa shape index (κ1) is 15.4. The molecule has 0 atom stereocenters. The first-order chi connectivity index (χ1) is 9.99. The quantitative estimate of drug-likeness (QED) is 0.846. The summed E-state index contributed by atoms with van der Waals surface area (Å²) in [5, 5.41) is 11.5. The third-order valence-electron chi connectivity index (χ3n) is 3.56. The highest BCUT2D eigenvalue weighted by Crippen LogP contribution is 2.33. The Bertz CT molecular complexity index is 540. The van der Waals surface area contributed by atoms with Gasteiger partial charge in [0.25, 0.3) is 0 Å². The van der Waals surface area contributed by atoms with E-state index in [1.165, 1.54) is 0 Å². The Labute approximate surface area is 122 Å². The number of anilines is 1. The minimum atomic E-state index is -1.20. The van der Waals surface area contributed by atoms with E-state index in [2.05, 4.69) is 5.32 Å². The predicted octanol–water partition coefficient (Wildman–Crippen LogP) is 2.67. The van der Waals surface area contributed by atoms with Crippen LogP contribution in [0.1, 0.15) is 36.5 Å². The normalized spacial score (nSPS) is 20.7. The number of hydrogen-bond donors (Lipinski definition) is 2. The minimum absolute atomic E-state index is 0.00631. The first-order valence-electron chi connectivity index (χ1n) is 6.94. The van der Waals surface area contributed by atoms with Gasteiger partial charge in [0.15, 0.2) is 0 Å². The molecule has 1 fully saturated rings. The minimum Gasteiger partial charge on any atom is -0.478 e. The highest BCUT2D eigenvalue weighted by molar-refractivity contribution is 6.00. The number of carbonyl (C=O) groups excluding carboxylic acids is 1.